The monoisotopic (exact) mass is 656 g/mol. The summed E-state index contributed by atoms with van der Waals surface area (Å²) in [6.07, 6.45) is 35.8. The van der Waals surface area contributed by atoms with Gasteiger partial charge in [-0.05, 0) is 44.9 Å². The number of rotatable bonds is 33. The fraction of sp³-hybridized carbons (Fsp3) is 0.806. The summed E-state index contributed by atoms with van der Waals surface area (Å²) in [6, 6.07) is -0.776. The second-order valence-corrected chi connectivity index (χ2v) is 13.5. The Balaban J connectivity index is 4.23. The molecule has 0 fully saturated rings. The third-order valence-electron chi connectivity index (χ3n) is 7.76. The van der Waals surface area contributed by atoms with E-state index in [0.717, 1.165) is 64.2 Å². The van der Waals surface area contributed by atoms with Gasteiger partial charge >= 0.3 is 7.82 Å². The fourth-order valence-corrected chi connectivity index (χ4v) is 5.79. The normalized spacial score (nSPS) is 14.9. The van der Waals surface area contributed by atoms with Crippen molar-refractivity contribution in [3.8, 4) is 0 Å². The number of hydrogen-bond donors (Lipinski definition) is 4. The highest BCUT2D eigenvalue weighted by Crippen LogP contribution is 2.43. The average molecular weight is 657 g/mol. The van der Waals surface area contributed by atoms with E-state index in [1.807, 2.05) is 0 Å². The van der Waals surface area contributed by atoms with Crippen molar-refractivity contribution in [3.05, 3.63) is 36.5 Å². The average Bonchev–Trinajstić information content (AvgIpc) is 3.02. The van der Waals surface area contributed by atoms with Crippen LogP contribution in [0.2, 0.25) is 0 Å². The third kappa shape index (κ3) is 31.1. The quantitative estimate of drug-likeness (QED) is 0.0315. The molecule has 45 heavy (non-hydrogen) atoms. The van der Waals surface area contributed by atoms with Gasteiger partial charge in [-0.2, -0.15) is 0 Å². The number of amides is 1. The van der Waals surface area contributed by atoms with Crippen LogP contribution < -0.4 is 11.1 Å². The third-order valence-corrected chi connectivity index (χ3v) is 8.74. The first kappa shape index (κ1) is 43.7. The zero-order valence-corrected chi connectivity index (χ0v) is 29.7. The number of hydrogen-bond acceptors (Lipinski definition) is 6. The van der Waals surface area contributed by atoms with Gasteiger partial charge in [0.2, 0.25) is 5.91 Å². The molecule has 0 aliphatic rings. The van der Waals surface area contributed by atoms with Crippen LogP contribution >= 0.6 is 7.82 Å². The number of carbonyl (C=O) groups excluding carboxylic acids is 1. The zero-order chi connectivity index (χ0) is 33.3. The second-order valence-electron chi connectivity index (χ2n) is 12.1. The van der Waals surface area contributed by atoms with Gasteiger partial charge in [0.25, 0.3) is 0 Å². The number of unbranched alkanes of at least 4 members (excludes halogenated alkanes) is 15. The van der Waals surface area contributed by atoms with E-state index in [1.165, 1.54) is 64.2 Å². The summed E-state index contributed by atoms with van der Waals surface area (Å²) in [5, 5.41) is 13.7. The van der Waals surface area contributed by atoms with Crippen LogP contribution in [0.15, 0.2) is 36.5 Å². The molecular formula is C36H69N2O6P. The van der Waals surface area contributed by atoms with Gasteiger partial charge in [0.1, 0.15) is 0 Å². The van der Waals surface area contributed by atoms with E-state index in [0.29, 0.717) is 12.8 Å². The highest BCUT2D eigenvalue weighted by atomic mass is 31.2. The van der Waals surface area contributed by atoms with Gasteiger partial charge < -0.3 is 21.1 Å². The summed E-state index contributed by atoms with van der Waals surface area (Å²) in [4.78, 5) is 22.5. The van der Waals surface area contributed by atoms with Crippen LogP contribution in [-0.4, -0.2) is 47.8 Å². The Kier molecular flexibility index (Phi) is 31.7. The van der Waals surface area contributed by atoms with Crippen LogP contribution in [0.3, 0.4) is 0 Å². The maximum Gasteiger partial charge on any atom is 0.472 e. The van der Waals surface area contributed by atoms with Crippen LogP contribution in [0.25, 0.3) is 0 Å². The van der Waals surface area contributed by atoms with Gasteiger partial charge in [-0.3, -0.25) is 13.8 Å². The van der Waals surface area contributed by atoms with Gasteiger partial charge in [-0.1, -0.05) is 140 Å². The summed E-state index contributed by atoms with van der Waals surface area (Å²) >= 11 is 0. The molecule has 9 heteroatoms. The first-order valence-corrected chi connectivity index (χ1v) is 19.6. The molecular weight excluding hydrogens is 587 g/mol. The summed E-state index contributed by atoms with van der Waals surface area (Å²) in [6.45, 7) is 4.04. The second kappa shape index (κ2) is 32.7. The minimum Gasteiger partial charge on any atom is -0.391 e. The molecule has 0 aliphatic carbocycles. The molecule has 0 aliphatic heterocycles. The molecule has 0 rings (SSSR count). The van der Waals surface area contributed by atoms with E-state index in [9.17, 15) is 19.4 Å². The van der Waals surface area contributed by atoms with E-state index in [2.05, 4.69) is 55.6 Å². The van der Waals surface area contributed by atoms with E-state index >= 15 is 0 Å². The molecule has 0 heterocycles. The molecule has 0 saturated heterocycles. The Labute approximate surface area is 276 Å². The molecule has 3 unspecified atom stereocenters. The lowest BCUT2D eigenvalue weighted by molar-refractivity contribution is -0.123. The van der Waals surface area contributed by atoms with Gasteiger partial charge in [-0.15, -0.1) is 0 Å². The molecule has 0 aromatic rings. The lowest BCUT2D eigenvalue weighted by atomic mass is 10.0. The summed E-state index contributed by atoms with van der Waals surface area (Å²) in [5.41, 5.74) is 5.35. The van der Waals surface area contributed by atoms with Gasteiger partial charge in [0, 0.05) is 13.0 Å². The van der Waals surface area contributed by atoms with Crippen LogP contribution in [-0.2, 0) is 18.4 Å². The standard InChI is InChI=1S/C36H69N2O6P/c1-3-5-7-9-11-13-14-15-16-17-18-19-20-22-24-26-28-30-36(40)38-34(33-44-45(41,42)43-32-31-37)35(39)29-27-25-23-21-12-10-8-6-4-2/h5,7,11,13,15-16,34-35,39H,3-4,6,8-10,12,14,17-33,37H2,1-2H3,(H,38,40)(H,41,42)/b7-5-,13-11-,16-15-. The summed E-state index contributed by atoms with van der Waals surface area (Å²) in [5.74, 6) is -0.176. The molecule has 0 bridgehead atoms. The molecule has 0 radical (unpaired) electrons. The number of allylic oxidation sites excluding steroid dienone is 6. The number of phosphoric ester groups is 1. The van der Waals surface area contributed by atoms with Crippen molar-refractivity contribution in [1.82, 2.24) is 5.32 Å². The number of aliphatic hydroxyl groups is 1. The maximum absolute atomic E-state index is 12.7. The minimum atomic E-state index is -4.31. The maximum atomic E-state index is 12.7. The SMILES string of the molecule is CC/C=C\C/C=C\C/C=C\CCCCCCCCCC(=O)NC(COP(=O)(O)OCCN)C(O)CCCCCCCCCCC. The van der Waals surface area contributed by atoms with Crippen molar-refractivity contribution in [2.75, 3.05) is 19.8 Å². The van der Waals surface area contributed by atoms with E-state index < -0.39 is 20.0 Å². The number of nitrogens with one attached hydrogen (secondary N) is 1. The van der Waals surface area contributed by atoms with E-state index in [-0.39, 0.29) is 25.7 Å². The number of aliphatic hydroxyl groups excluding tert-OH is 1. The molecule has 0 spiro atoms. The molecule has 0 aromatic heterocycles. The highest BCUT2D eigenvalue weighted by Gasteiger charge is 2.27. The summed E-state index contributed by atoms with van der Waals surface area (Å²) < 4.78 is 22.0. The number of nitrogens with two attached hydrogens (primary N) is 1. The van der Waals surface area contributed by atoms with Crippen molar-refractivity contribution >= 4 is 13.7 Å². The van der Waals surface area contributed by atoms with Crippen molar-refractivity contribution in [1.29, 1.82) is 0 Å². The predicted molar refractivity (Wildman–Crippen MR) is 189 cm³/mol. The Morgan fingerprint density at radius 3 is 1.89 bits per heavy atom. The highest BCUT2D eigenvalue weighted by molar-refractivity contribution is 7.47. The molecule has 3 atom stereocenters. The van der Waals surface area contributed by atoms with Crippen molar-refractivity contribution in [2.24, 2.45) is 5.73 Å². The Hall–Kier alpha value is -1.28. The Morgan fingerprint density at radius 1 is 0.756 bits per heavy atom. The fourth-order valence-electron chi connectivity index (χ4n) is 5.03. The predicted octanol–water partition coefficient (Wildman–Crippen LogP) is 9.22. The van der Waals surface area contributed by atoms with Crippen LogP contribution in [0, 0.1) is 0 Å². The van der Waals surface area contributed by atoms with Crippen molar-refractivity contribution < 1.29 is 28.4 Å². The Bertz CT molecular complexity index is 804. The molecule has 8 nitrogen and oxygen atoms in total. The lowest BCUT2D eigenvalue weighted by Crippen LogP contribution is -2.46. The lowest BCUT2D eigenvalue weighted by Gasteiger charge is -2.25. The largest absolute Gasteiger partial charge is 0.472 e. The molecule has 0 aromatic carbocycles. The van der Waals surface area contributed by atoms with E-state index in [1.54, 1.807) is 0 Å². The molecule has 0 saturated carbocycles. The molecule has 5 N–H and O–H groups in total. The van der Waals surface area contributed by atoms with Crippen LogP contribution in [0.4, 0.5) is 0 Å². The number of phosphoric acid groups is 1. The first-order chi connectivity index (χ1) is 21.9. The van der Waals surface area contributed by atoms with Gasteiger partial charge in [0.15, 0.2) is 0 Å². The number of carbonyl (C=O) groups is 1. The van der Waals surface area contributed by atoms with Crippen molar-refractivity contribution in [3.63, 3.8) is 0 Å². The van der Waals surface area contributed by atoms with Gasteiger partial charge in [-0.25, -0.2) is 4.57 Å². The van der Waals surface area contributed by atoms with Crippen LogP contribution in [0.5, 0.6) is 0 Å². The Morgan fingerprint density at radius 2 is 1.29 bits per heavy atom. The summed E-state index contributed by atoms with van der Waals surface area (Å²) in [7, 11) is -4.31. The minimum absolute atomic E-state index is 0.0858. The van der Waals surface area contributed by atoms with Gasteiger partial charge in [0.05, 0.1) is 25.4 Å². The van der Waals surface area contributed by atoms with Crippen LogP contribution in [0.1, 0.15) is 155 Å². The molecule has 264 valence electrons. The topological polar surface area (TPSA) is 131 Å². The van der Waals surface area contributed by atoms with Crippen molar-refractivity contribution in [2.45, 2.75) is 167 Å². The van der Waals surface area contributed by atoms with E-state index in [4.69, 9.17) is 14.8 Å². The zero-order valence-electron chi connectivity index (χ0n) is 28.8. The first-order valence-electron chi connectivity index (χ1n) is 18.1. The smallest absolute Gasteiger partial charge is 0.391 e. The molecule has 1 amide bonds.